The second-order valence-electron chi connectivity index (χ2n) is 6.07. The predicted octanol–water partition coefficient (Wildman–Crippen LogP) is 4.24. The molecule has 0 amide bonds. The van der Waals surface area contributed by atoms with Crippen LogP contribution in [0.2, 0.25) is 0 Å². The minimum Gasteiger partial charge on any atom is -0.330 e. The standard InChI is InChI=1S/C24H25NP/c1-3-25(4-2)20-21-26(22-14-8-5-9-15-22,23-16-10-6-11-17-23)24-18-12-7-13-19-24/h5-19H,3-4H2,1-2H3/q+1. The van der Waals surface area contributed by atoms with Crippen molar-refractivity contribution in [3.63, 3.8) is 0 Å². The lowest BCUT2D eigenvalue weighted by Gasteiger charge is -2.21. The van der Waals surface area contributed by atoms with Gasteiger partial charge in [0, 0.05) is 13.1 Å². The van der Waals surface area contributed by atoms with E-state index in [1.165, 1.54) is 15.9 Å². The van der Waals surface area contributed by atoms with Gasteiger partial charge in [0.15, 0.2) is 7.26 Å². The van der Waals surface area contributed by atoms with E-state index < -0.39 is 7.26 Å². The van der Waals surface area contributed by atoms with Crippen molar-refractivity contribution >= 4 is 23.2 Å². The molecule has 0 heterocycles. The lowest BCUT2D eigenvalue weighted by molar-refractivity contribution is 0.444. The normalized spacial score (nSPS) is 10.7. The van der Waals surface area contributed by atoms with Gasteiger partial charge in [-0.2, -0.15) is 0 Å². The Balaban J connectivity index is 2.32. The van der Waals surface area contributed by atoms with Gasteiger partial charge in [0.1, 0.15) is 21.6 Å². The van der Waals surface area contributed by atoms with E-state index in [0.717, 1.165) is 13.1 Å². The number of hydrogen-bond donors (Lipinski definition) is 0. The minimum absolute atomic E-state index is 0.932. The van der Waals surface area contributed by atoms with Crippen molar-refractivity contribution in [3.05, 3.63) is 91.0 Å². The van der Waals surface area contributed by atoms with Gasteiger partial charge in [-0.05, 0) is 50.2 Å². The van der Waals surface area contributed by atoms with Crippen LogP contribution in [-0.2, 0) is 0 Å². The number of benzene rings is 3. The summed E-state index contributed by atoms with van der Waals surface area (Å²) in [6.45, 7) is 6.18. The van der Waals surface area contributed by atoms with E-state index in [1.807, 2.05) is 0 Å². The molecular formula is C24H25NP+. The maximum atomic E-state index is 3.77. The Hall–Kier alpha value is -2.55. The summed E-state index contributed by atoms with van der Waals surface area (Å²) < 4.78 is 0. The molecule has 0 fully saturated rings. The minimum atomic E-state index is -2.04. The van der Waals surface area contributed by atoms with Gasteiger partial charge in [-0.3, -0.25) is 0 Å². The molecule has 0 aromatic heterocycles. The van der Waals surface area contributed by atoms with E-state index in [1.54, 1.807) is 0 Å². The summed E-state index contributed by atoms with van der Waals surface area (Å²) in [5.74, 6) is 0. The molecule has 3 aromatic carbocycles. The zero-order valence-electron chi connectivity index (χ0n) is 15.5. The van der Waals surface area contributed by atoms with Crippen LogP contribution in [0, 0.1) is 11.7 Å². The SMILES string of the molecule is CCN(C#C[P+](c1ccccc1)(c1ccccc1)c1ccccc1)CC. The summed E-state index contributed by atoms with van der Waals surface area (Å²) >= 11 is 0. The summed E-state index contributed by atoms with van der Waals surface area (Å²) in [6, 6.07) is 35.8. The van der Waals surface area contributed by atoms with Crippen LogP contribution in [-0.4, -0.2) is 18.0 Å². The Morgan fingerprint density at radius 3 is 1.27 bits per heavy atom. The van der Waals surface area contributed by atoms with E-state index in [2.05, 4.69) is 121 Å². The van der Waals surface area contributed by atoms with Crippen LogP contribution in [0.4, 0.5) is 0 Å². The van der Waals surface area contributed by atoms with Crippen LogP contribution in [0.3, 0.4) is 0 Å². The lowest BCUT2D eigenvalue weighted by Crippen LogP contribution is -2.30. The van der Waals surface area contributed by atoms with E-state index >= 15 is 0 Å². The predicted molar refractivity (Wildman–Crippen MR) is 116 cm³/mol. The fraction of sp³-hybridized carbons (Fsp3) is 0.167. The quantitative estimate of drug-likeness (QED) is 0.375. The zero-order chi connectivity index (χ0) is 18.2. The molecule has 0 bridgehead atoms. The second kappa shape index (κ2) is 8.70. The first-order valence-corrected chi connectivity index (χ1v) is 10.9. The average Bonchev–Trinajstić information content (AvgIpc) is 2.74. The third kappa shape index (κ3) is 3.67. The topological polar surface area (TPSA) is 3.24 Å². The molecule has 0 unspecified atom stereocenters. The van der Waals surface area contributed by atoms with E-state index in [0.29, 0.717) is 0 Å². The van der Waals surface area contributed by atoms with Crippen LogP contribution >= 0.6 is 7.26 Å². The van der Waals surface area contributed by atoms with Gasteiger partial charge < -0.3 is 4.90 Å². The van der Waals surface area contributed by atoms with Crippen molar-refractivity contribution in [2.75, 3.05) is 13.1 Å². The van der Waals surface area contributed by atoms with E-state index in [4.69, 9.17) is 0 Å². The molecule has 3 aromatic rings. The molecule has 1 nitrogen and oxygen atoms in total. The summed E-state index contributed by atoms with van der Waals surface area (Å²) in [4.78, 5) is 2.18. The van der Waals surface area contributed by atoms with Gasteiger partial charge in [-0.25, -0.2) is 0 Å². The molecule has 3 rings (SSSR count). The first-order chi connectivity index (χ1) is 12.8. The molecule has 0 spiro atoms. The van der Waals surface area contributed by atoms with Crippen LogP contribution in [0.1, 0.15) is 13.8 Å². The zero-order valence-corrected chi connectivity index (χ0v) is 16.4. The van der Waals surface area contributed by atoms with Gasteiger partial charge in [-0.15, -0.1) is 0 Å². The van der Waals surface area contributed by atoms with Crippen LogP contribution in [0.5, 0.6) is 0 Å². The molecule has 0 aliphatic rings. The molecule has 0 N–H and O–H groups in total. The number of nitrogens with zero attached hydrogens (tertiary/aromatic N) is 1. The van der Waals surface area contributed by atoms with Crippen molar-refractivity contribution in [2.45, 2.75) is 13.8 Å². The average molecular weight is 358 g/mol. The summed E-state index contributed by atoms with van der Waals surface area (Å²) in [7, 11) is -2.04. The van der Waals surface area contributed by atoms with E-state index in [-0.39, 0.29) is 0 Å². The molecule has 26 heavy (non-hydrogen) atoms. The van der Waals surface area contributed by atoms with E-state index in [9.17, 15) is 0 Å². The highest BCUT2D eigenvalue weighted by atomic mass is 31.2. The third-order valence-corrected chi connectivity index (χ3v) is 8.22. The first-order valence-electron chi connectivity index (χ1n) is 9.15. The van der Waals surface area contributed by atoms with Gasteiger partial charge in [-0.1, -0.05) is 54.6 Å². The summed E-state index contributed by atoms with van der Waals surface area (Å²) in [5, 5.41) is 3.91. The van der Waals surface area contributed by atoms with Crippen molar-refractivity contribution < 1.29 is 0 Å². The second-order valence-corrected chi connectivity index (χ2v) is 9.19. The highest BCUT2D eigenvalue weighted by Gasteiger charge is 2.44. The van der Waals surface area contributed by atoms with Gasteiger partial charge in [0.05, 0.1) is 6.04 Å². The number of rotatable bonds is 5. The molecule has 0 aliphatic carbocycles. The van der Waals surface area contributed by atoms with Crippen LogP contribution in [0.25, 0.3) is 0 Å². The molecule has 0 atom stereocenters. The van der Waals surface area contributed by atoms with Crippen LogP contribution < -0.4 is 15.9 Å². The fourth-order valence-corrected chi connectivity index (χ4v) is 6.55. The third-order valence-electron chi connectivity index (χ3n) is 4.57. The molecule has 130 valence electrons. The Kier molecular flexibility index (Phi) is 6.11. The summed E-state index contributed by atoms with van der Waals surface area (Å²) in [5.41, 5.74) is 3.77. The highest BCUT2D eigenvalue weighted by Crippen LogP contribution is 2.54. The Morgan fingerprint density at radius 2 is 0.962 bits per heavy atom. The number of hydrogen-bond acceptors (Lipinski definition) is 1. The monoisotopic (exact) mass is 358 g/mol. The molecule has 2 heteroatoms. The molecule has 0 saturated heterocycles. The maximum Gasteiger partial charge on any atom is 0.191 e. The lowest BCUT2D eigenvalue weighted by atomic mass is 10.4. The van der Waals surface area contributed by atoms with Gasteiger partial charge in [0.2, 0.25) is 0 Å². The molecule has 0 aliphatic heterocycles. The van der Waals surface area contributed by atoms with Crippen molar-refractivity contribution in [1.82, 2.24) is 4.90 Å². The molecule has 0 saturated carbocycles. The largest absolute Gasteiger partial charge is 0.330 e. The Morgan fingerprint density at radius 1 is 0.615 bits per heavy atom. The Labute approximate surface area is 158 Å². The van der Waals surface area contributed by atoms with Crippen molar-refractivity contribution in [3.8, 4) is 11.7 Å². The van der Waals surface area contributed by atoms with Crippen molar-refractivity contribution in [1.29, 1.82) is 0 Å². The summed E-state index contributed by atoms with van der Waals surface area (Å²) in [6.07, 6.45) is 0. The molecule has 0 radical (unpaired) electrons. The van der Waals surface area contributed by atoms with Crippen LogP contribution in [0.15, 0.2) is 91.0 Å². The molecular weight excluding hydrogens is 333 g/mol. The fourth-order valence-electron chi connectivity index (χ4n) is 3.12. The first kappa shape index (κ1) is 18.2. The van der Waals surface area contributed by atoms with Gasteiger partial charge >= 0.3 is 0 Å². The Bertz CT molecular complexity index is 763. The van der Waals surface area contributed by atoms with Crippen molar-refractivity contribution in [2.24, 2.45) is 0 Å². The maximum absolute atomic E-state index is 3.77. The smallest absolute Gasteiger partial charge is 0.191 e. The highest BCUT2D eigenvalue weighted by molar-refractivity contribution is 7.99. The van der Waals surface area contributed by atoms with Gasteiger partial charge in [0.25, 0.3) is 0 Å².